The third kappa shape index (κ3) is 3.89. The molecular formula is C15H16N2O2. The lowest BCUT2D eigenvalue weighted by atomic mass is 10.1. The van der Waals surface area contributed by atoms with Gasteiger partial charge in [-0.25, -0.2) is 4.98 Å². The summed E-state index contributed by atoms with van der Waals surface area (Å²) in [5.41, 5.74) is 1.76. The molecule has 1 atom stereocenters. The van der Waals surface area contributed by atoms with Crippen molar-refractivity contribution in [2.45, 2.75) is 19.4 Å². The third-order valence-electron chi connectivity index (χ3n) is 2.74. The van der Waals surface area contributed by atoms with E-state index in [9.17, 15) is 9.90 Å². The highest BCUT2D eigenvalue weighted by Crippen LogP contribution is 2.16. The van der Waals surface area contributed by atoms with Crippen LogP contribution in [0.15, 0.2) is 48.7 Å². The molecule has 0 fully saturated rings. The summed E-state index contributed by atoms with van der Waals surface area (Å²) in [5, 5.41) is 12.6. The fraction of sp³-hybridized carbons (Fsp3) is 0.200. The van der Waals surface area contributed by atoms with Crippen LogP contribution in [-0.4, -0.2) is 16.0 Å². The molecule has 2 aromatic rings. The molecule has 2 rings (SSSR count). The van der Waals surface area contributed by atoms with E-state index in [0.29, 0.717) is 5.82 Å². The Morgan fingerprint density at radius 1 is 1.26 bits per heavy atom. The van der Waals surface area contributed by atoms with Crippen molar-refractivity contribution in [3.05, 3.63) is 59.8 Å². The second kappa shape index (κ2) is 6.11. The Morgan fingerprint density at radius 3 is 2.63 bits per heavy atom. The van der Waals surface area contributed by atoms with Gasteiger partial charge >= 0.3 is 0 Å². The van der Waals surface area contributed by atoms with E-state index < -0.39 is 6.10 Å². The number of hydrogen-bond acceptors (Lipinski definition) is 3. The molecule has 0 saturated carbocycles. The van der Waals surface area contributed by atoms with Crippen LogP contribution in [0.1, 0.15) is 23.7 Å². The number of nitrogens with one attached hydrogen (secondary N) is 1. The average Bonchev–Trinajstić information content (AvgIpc) is 2.42. The lowest BCUT2D eigenvalue weighted by molar-refractivity contribution is -0.118. The fourth-order valence-corrected chi connectivity index (χ4v) is 1.70. The summed E-state index contributed by atoms with van der Waals surface area (Å²) in [6.07, 6.45) is 0.898. The van der Waals surface area contributed by atoms with Gasteiger partial charge in [-0.1, -0.05) is 36.4 Å². The van der Waals surface area contributed by atoms with E-state index in [0.717, 1.165) is 11.1 Å². The summed E-state index contributed by atoms with van der Waals surface area (Å²) in [5.74, 6) is 0.239. The first-order valence-electron chi connectivity index (χ1n) is 6.10. The quantitative estimate of drug-likeness (QED) is 0.883. The Labute approximate surface area is 112 Å². The lowest BCUT2D eigenvalue weighted by Gasteiger charge is -2.10. The Balaban J connectivity index is 1.93. The number of aliphatic hydroxyl groups excluding tert-OH is 1. The molecule has 4 heteroatoms. The molecule has 0 spiro atoms. The van der Waals surface area contributed by atoms with Gasteiger partial charge in [0.05, 0.1) is 12.5 Å². The summed E-state index contributed by atoms with van der Waals surface area (Å²) in [7, 11) is 0. The molecule has 98 valence electrons. The summed E-state index contributed by atoms with van der Waals surface area (Å²) in [6.45, 7) is 1.93. The number of amides is 1. The van der Waals surface area contributed by atoms with Crippen molar-refractivity contribution in [3.63, 3.8) is 0 Å². The van der Waals surface area contributed by atoms with Gasteiger partial charge < -0.3 is 10.4 Å². The number of anilines is 1. The molecule has 1 amide bonds. The van der Waals surface area contributed by atoms with Gasteiger partial charge in [0.25, 0.3) is 0 Å². The van der Waals surface area contributed by atoms with E-state index in [1.165, 1.54) is 0 Å². The maximum Gasteiger partial charge on any atom is 0.228 e. The minimum Gasteiger partial charge on any atom is -0.388 e. The zero-order chi connectivity index (χ0) is 13.7. The maximum atomic E-state index is 11.8. The second-order valence-corrected chi connectivity index (χ2v) is 4.40. The highest BCUT2D eigenvalue weighted by atomic mass is 16.3. The summed E-state index contributed by atoms with van der Waals surface area (Å²) in [6, 6.07) is 12.7. The van der Waals surface area contributed by atoms with E-state index in [-0.39, 0.29) is 12.3 Å². The van der Waals surface area contributed by atoms with Gasteiger partial charge in [-0.2, -0.15) is 0 Å². The van der Waals surface area contributed by atoms with Crippen LogP contribution in [0.25, 0.3) is 0 Å². The summed E-state index contributed by atoms with van der Waals surface area (Å²) < 4.78 is 0. The van der Waals surface area contributed by atoms with Gasteiger partial charge in [0.2, 0.25) is 5.91 Å². The number of benzene rings is 1. The monoisotopic (exact) mass is 256 g/mol. The van der Waals surface area contributed by atoms with Crippen LogP contribution in [0.3, 0.4) is 0 Å². The van der Waals surface area contributed by atoms with Crippen LogP contribution in [-0.2, 0) is 4.79 Å². The molecule has 0 aliphatic heterocycles. The molecule has 0 aliphatic rings. The van der Waals surface area contributed by atoms with Crippen LogP contribution < -0.4 is 5.32 Å². The van der Waals surface area contributed by atoms with Crippen molar-refractivity contribution < 1.29 is 9.90 Å². The molecular weight excluding hydrogens is 240 g/mol. The Morgan fingerprint density at radius 2 is 2.00 bits per heavy atom. The predicted octanol–water partition coefficient (Wildman–Crippen LogP) is 2.45. The second-order valence-electron chi connectivity index (χ2n) is 4.40. The molecule has 2 N–H and O–H groups in total. The van der Waals surface area contributed by atoms with Crippen molar-refractivity contribution >= 4 is 11.7 Å². The number of carbonyl (C=O) groups excluding carboxylic acids is 1. The first-order chi connectivity index (χ1) is 9.15. The molecule has 0 bridgehead atoms. The summed E-state index contributed by atoms with van der Waals surface area (Å²) >= 11 is 0. The SMILES string of the molecule is Cc1ccc(NC(=O)CC(O)c2ccccc2)nc1. The lowest BCUT2D eigenvalue weighted by Crippen LogP contribution is -2.16. The van der Waals surface area contributed by atoms with Crippen LogP contribution in [0.4, 0.5) is 5.82 Å². The highest BCUT2D eigenvalue weighted by Gasteiger charge is 2.12. The van der Waals surface area contributed by atoms with Gasteiger partial charge in [0.15, 0.2) is 0 Å². The zero-order valence-corrected chi connectivity index (χ0v) is 10.7. The Bertz CT molecular complexity index is 538. The number of aryl methyl sites for hydroxylation is 1. The number of aromatic nitrogens is 1. The Kier molecular flexibility index (Phi) is 4.26. The van der Waals surface area contributed by atoms with Crippen molar-refractivity contribution in [3.8, 4) is 0 Å². The van der Waals surface area contributed by atoms with Crippen LogP contribution in [0, 0.1) is 6.92 Å². The molecule has 4 nitrogen and oxygen atoms in total. The Hall–Kier alpha value is -2.20. The van der Waals surface area contributed by atoms with Crippen LogP contribution in [0.5, 0.6) is 0 Å². The largest absolute Gasteiger partial charge is 0.388 e. The van der Waals surface area contributed by atoms with Crippen molar-refractivity contribution in [2.75, 3.05) is 5.32 Å². The normalized spacial score (nSPS) is 11.9. The summed E-state index contributed by atoms with van der Waals surface area (Å²) in [4.78, 5) is 15.9. The first kappa shape index (κ1) is 13.2. The molecule has 0 aliphatic carbocycles. The molecule has 1 unspecified atom stereocenters. The number of carbonyl (C=O) groups is 1. The van der Waals surface area contributed by atoms with Gasteiger partial charge in [-0.15, -0.1) is 0 Å². The first-order valence-corrected chi connectivity index (χ1v) is 6.10. The fourth-order valence-electron chi connectivity index (χ4n) is 1.70. The number of rotatable bonds is 4. The van der Waals surface area contributed by atoms with Crippen molar-refractivity contribution in [2.24, 2.45) is 0 Å². The molecule has 0 saturated heterocycles. The van der Waals surface area contributed by atoms with E-state index >= 15 is 0 Å². The zero-order valence-electron chi connectivity index (χ0n) is 10.7. The molecule has 19 heavy (non-hydrogen) atoms. The predicted molar refractivity (Wildman–Crippen MR) is 73.6 cm³/mol. The smallest absolute Gasteiger partial charge is 0.228 e. The molecule has 1 aromatic carbocycles. The van der Waals surface area contributed by atoms with E-state index in [1.54, 1.807) is 24.4 Å². The molecule has 0 radical (unpaired) electrons. The number of aliphatic hydroxyl groups is 1. The van der Waals surface area contributed by atoms with E-state index in [2.05, 4.69) is 10.3 Å². The van der Waals surface area contributed by atoms with E-state index in [4.69, 9.17) is 0 Å². The van der Waals surface area contributed by atoms with Crippen molar-refractivity contribution in [1.82, 2.24) is 4.98 Å². The minimum absolute atomic E-state index is 0.0135. The number of hydrogen-bond donors (Lipinski definition) is 2. The van der Waals surface area contributed by atoms with Gasteiger partial charge in [0, 0.05) is 6.20 Å². The molecule has 1 heterocycles. The van der Waals surface area contributed by atoms with Crippen molar-refractivity contribution in [1.29, 1.82) is 0 Å². The number of nitrogens with zero attached hydrogens (tertiary/aromatic N) is 1. The average molecular weight is 256 g/mol. The van der Waals surface area contributed by atoms with E-state index in [1.807, 2.05) is 31.2 Å². The minimum atomic E-state index is -0.799. The third-order valence-corrected chi connectivity index (χ3v) is 2.74. The number of pyridine rings is 1. The van der Waals surface area contributed by atoms with Gasteiger partial charge in [-0.3, -0.25) is 4.79 Å². The molecule has 1 aromatic heterocycles. The standard InChI is InChI=1S/C15H16N2O2/c1-11-7-8-14(16-10-11)17-15(19)9-13(18)12-5-3-2-4-6-12/h2-8,10,13,18H,9H2,1H3,(H,16,17,19). The van der Waals surface area contributed by atoms with Gasteiger partial charge in [0.1, 0.15) is 5.82 Å². The highest BCUT2D eigenvalue weighted by molar-refractivity contribution is 5.90. The van der Waals surface area contributed by atoms with Crippen LogP contribution in [0.2, 0.25) is 0 Å². The maximum absolute atomic E-state index is 11.8. The van der Waals surface area contributed by atoms with Crippen LogP contribution >= 0.6 is 0 Å². The van der Waals surface area contributed by atoms with Gasteiger partial charge in [-0.05, 0) is 24.1 Å². The topological polar surface area (TPSA) is 62.2 Å².